The summed E-state index contributed by atoms with van der Waals surface area (Å²) >= 11 is 0. The van der Waals surface area contributed by atoms with E-state index in [0.717, 1.165) is 31.0 Å². The quantitative estimate of drug-likeness (QED) is 0.777. The molecule has 27 heavy (non-hydrogen) atoms. The van der Waals surface area contributed by atoms with Gasteiger partial charge in [-0.25, -0.2) is 9.59 Å². The number of anilines is 1. The van der Waals surface area contributed by atoms with Crippen LogP contribution in [0.2, 0.25) is 0 Å². The first-order valence-electron chi connectivity index (χ1n) is 9.77. The first kappa shape index (κ1) is 19.3. The number of methoxy groups -OCH3 is 1. The van der Waals surface area contributed by atoms with Gasteiger partial charge in [0.15, 0.2) is 0 Å². The van der Waals surface area contributed by atoms with E-state index in [1.165, 1.54) is 25.6 Å². The summed E-state index contributed by atoms with van der Waals surface area (Å²) in [5, 5.41) is 5.64. The highest BCUT2D eigenvalue weighted by atomic mass is 16.5. The van der Waals surface area contributed by atoms with Crippen molar-refractivity contribution < 1.29 is 14.3 Å². The highest BCUT2D eigenvalue weighted by Crippen LogP contribution is 2.31. The first-order chi connectivity index (χ1) is 13.0. The Morgan fingerprint density at radius 1 is 1.22 bits per heavy atom. The van der Waals surface area contributed by atoms with Gasteiger partial charge in [-0.05, 0) is 42.9 Å². The Balaban J connectivity index is 1.87. The molecule has 2 heterocycles. The number of nitrogens with zero attached hydrogens (tertiary/aromatic N) is 1. The van der Waals surface area contributed by atoms with Crippen molar-refractivity contribution in [2.75, 3.05) is 25.1 Å². The lowest BCUT2D eigenvalue weighted by atomic mass is 9.93. The number of esters is 1. The number of amides is 2. The predicted molar refractivity (Wildman–Crippen MR) is 105 cm³/mol. The van der Waals surface area contributed by atoms with Gasteiger partial charge in [-0.1, -0.05) is 32.4 Å². The largest absolute Gasteiger partial charge is 0.466 e. The second-order valence-corrected chi connectivity index (χ2v) is 7.43. The molecule has 1 unspecified atom stereocenters. The van der Waals surface area contributed by atoms with Gasteiger partial charge in [-0.3, -0.25) is 0 Å². The number of nitrogens with one attached hydrogen (secondary N) is 2. The van der Waals surface area contributed by atoms with E-state index < -0.39 is 12.0 Å². The summed E-state index contributed by atoms with van der Waals surface area (Å²) in [7, 11) is 1.37. The molecule has 0 bridgehead atoms. The molecular formula is C21H29N3O3. The number of benzene rings is 1. The molecule has 146 valence electrons. The Morgan fingerprint density at radius 2 is 1.89 bits per heavy atom. The highest BCUT2D eigenvalue weighted by Gasteiger charge is 2.33. The Morgan fingerprint density at radius 3 is 2.48 bits per heavy atom. The Hall–Kier alpha value is -2.50. The number of allylic oxidation sites excluding steroid dienone is 1. The van der Waals surface area contributed by atoms with Crippen molar-refractivity contribution >= 4 is 17.7 Å². The smallest absolute Gasteiger partial charge is 0.337 e. The lowest BCUT2D eigenvalue weighted by molar-refractivity contribution is -0.136. The summed E-state index contributed by atoms with van der Waals surface area (Å²) in [6, 6.07) is 7.36. The molecule has 6 nitrogen and oxygen atoms in total. The third-order valence-corrected chi connectivity index (χ3v) is 5.43. The van der Waals surface area contributed by atoms with Crippen LogP contribution in [-0.2, 0) is 9.53 Å². The molecule has 2 amide bonds. The molecule has 0 spiro atoms. The molecule has 2 aliphatic heterocycles. The normalized spacial score (nSPS) is 20.9. The second kappa shape index (κ2) is 8.46. The molecule has 3 rings (SSSR count). The van der Waals surface area contributed by atoms with Crippen molar-refractivity contribution in [3.8, 4) is 0 Å². The van der Waals surface area contributed by atoms with Crippen molar-refractivity contribution in [2.24, 2.45) is 5.92 Å². The summed E-state index contributed by atoms with van der Waals surface area (Å²) in [6.45, 7) is 6.45. The van der Waals surface area contributed by atoms with Gasteiger partial charge in [0.2, 0.25) is 0 Å². The maximum atomic E-state index is 12.4. The van der Waals surface area contributed by atoms with Gasteiger partial charge in [-0.2, -0.15) is 0 Å². The van der Waals surface area contributed by atoms with Gasteiger partial charge < -0.3 is 20.3 Å². The predicted octanol–water partition coefficient (Wildman–Crippen LogP) is 3.50. The van der Waals surface area contributed by atoms with Crippen molar-refractivity contribution in [1.29, 1.82) is 0 Å². The van der Waals surface area contributed by atoms with Crippen LogP contribution in [0, 0.1) is 5.92 Å². The fourth-order valence-electron chi connectivity index (χ4n) is 3.81. The second-order valence-electron chi connectivity index (χ2n) is 7.43. The Labute approximate surface area is 161 Å². The third kappa shape index (κ3) is 4.26. The summed E-state index contributed by atoms with van der Waals surface area (Å²) in [6.07, 6.45) is 3.87. The maximum Gasteiger partial charge on any atom is 0.337 e. The molecule has 1 aromatic rings. The number of urea groups is 1. The van der Waals surface area contributed by atoms with E-state index in [2.05, 4.69) is 34.6 Å². The SMILES string of the molecule is CCCC1=C(C(=O)OC)C(c2ccc(N3CCC(C)CC3)cc2)NC(=O)N1. The van der Waals surface area contributed by atoms with Crippen LogP contribution in [0.15, 0.2) is 35.5 Å². The van der Waals surface area contributed by atoms with Gasteiger partial charge >= 0.3 is 12.0 Å². The van der Waals surface area contributed by atoms with Gasteiger partial charge in [0.05, 0.1) is 18.7 Å². The number of hydrogen-bond acceptors (Lipinski definition) is 4. The maximum absolute atomic E-state index is 12.4. The van der Waals surface area contributed by atoms with Crippen molar-refractivity contribution in [3.63, 3.8) is 0 Å². The van der Waals surface area contributed by atoms with E-state index >= 15 is 0 Å². The number of rotatable bonds is 5. The fourth-order valence-corrected chi connectivity index (χ4v) is 3.81. The van der Waals surface area contributed by atoms with E-state index in [-0.39, 0.29) is 6.03 Å². The zero-order valence-corrected chi connectivity index (χ0v) is 16.4. The van der Waals surface area contributed by atoms with Gasteiger partial charge in [0.1, 0.15) is 0 Å². The average Bonchev–Trinajstić information content (AvgIpc) is 2.68. The summed E-state index contributed by atoms with van der Waals surface area (Å²) in [5.41, 5.74) is 3.20. The lowest BCUT2D eigenvalue weighted by Gasteiger charge is -2.33. The number of hydrogen-bond donors (Lipinski definition) is 2. The summed E-state index contributed by atoms with van der Waals surface area (Å²) in [4.78, 5) is 26.9. The van der Waals surface area contributed by atoms with E-state index in [0.29, 0.717) is 17.7 Å². The minimum absolute atomic E-state index is 0.287. The number of carbonyl (C=O) groups is 2. The number of piperidine rings is 1. The lowest BCUT2D eigenvalue weighted by Crippen LogP contribution is -2.45. The summed E-state index contributed by atoms with van der Waals surface area (Å²) in [5.74, 6) is 0.375. The Bertz CT molecular complexity index is 719. The minimum Gasteiger partial charge on any atom is -0.466 e. The van der Waals surface area contributed by atoms with Crippen LogP contribution in [0.4, 0.5) is 10.5 Å². The van der Waals surface area contributed by atoms with Gasteiger partial charge in [0.25, 0.3) is 0 Å². The molecule has 1 atom stereocenters. The Kier molecular flexibility index (Phi) is 6.04. The zero-order chi connectivity index (χ0) is 19.4. The van der Waals surface area contributed by atoms with Crippen LogP contribution in [-0.4, -0.2) is 32.2 Å². The average molecular weight is 371 g/mol. The number of ether oxygens (including phenoxy) is 1. The molecule has 2 aliphatic rings. The van der Waals surface area contributed by atoms with Crippen molar-refractivity contribution in [1.82, 2.24) is 10.6 Å². The molecule has 1 fully saturated rings. The van der Waals surface area contributed by atoms with E-state index in [1.54, 1.807) is 0 Å². The molecule has 0 aromatic heterocycles. The van der Waals surface area contributed by atoms with E-state index in [9.17, 15) is 9.59 Å². The minimum atomic E-state index is -0.497. The highest BCUT2D eigenvalue weighted by molar-refractivity contribution is 5.95. The van der Waals surface area contributed by atoms with Gasteiger partial charge in [-0.15, -0.1) is 0 Å². The molecular weight excluding hydrogens is 342 g/mol. The van der Waals surface area contributed by atoms with Crippen LogP contribution >= 0.6 is 0 Å². The molecule has 0 radical (unpaired) electrons. The first-order valence-corrected chi connectivity index (χ1v) is 9.77. The molecule has 2 N–H and O–H groups in total. The molecule has 0 saturated carbocycles. The van der Waals surface area contributed by atoms with Crippen molar-refractivity contribution in [2.45, 2.75) is 45.6 Å². The topological polar surface area (TPSA) is 70.7 Å². The van der Waals surface area contributed by atoms with E-state index in [1.807, 2.05) is 19.1 Å². The number of carbonyl (C=O) groups excluding carboxylic acids is 2. The zero-order valence-electron chi connectivity index (χ0n) is 16.4. The fraction of sp³-hybridized carbons (Fsp3) is 0.524. The van der Waals surface area contributed by atoms with Gasteiger partial charge in [0, 0.05) is 24.5 Å². The van der Waals surface area contributed by atoms with Crippen LogP contribution in [0.3, 0.4) is 0 Å². The molecule has 6 heteroatoms. The molecule has 1 saturated heterocycles. The van der Waals surface area contributed by atoms with Crippen molar-refractivity contribution in [3.05, 3.63) is 41.1 Å². The van der Waals surface area contributed by atoms with Crippen LogP contribution in [0.1, 0.15) is 51.1 Å². The van der Waals surface area contributed by atoms with E-state index in [4.69, 9.17) is 4.74 Å². The summed E-state index contributed by atoms with van der Waals surface area (Å²) < 4.78 is 4.99. The standard InChI is InChI=1S/C21H29N3O3/c1-4-5-17-18(20(25)27-3)19(23-21(26)22-17)15-6-8-16(9-7-15)24-12-10-14(2)11-13-24/h6-9,14,19H,4-5,10-13H2,1-3H3,(H2,22,23,26). The molecule has 1 aromatic carbocycles. The van der Waals surface area contributed by atoms with Crippen LogP contribution < -0.4 is 15.5 Å². The monoisotopic (exact) mass is 371 g/mol. The molecule has 0 aliphatic carbocycles. The van der Waals surface area contributed by atoms with Crippen LogP contribution in [0.5, 0.6) is 0 Å². The third-order valence-electron chi connectivity index (χ3n) is 5.43. The van der Waals surface area contributed by atoms with Crippen LogP contribution in [0.25, 0.3) is 0 Å².